The van der Waals surface area contributed by atoms with Crippen LogP contribution in [0.3, 0.4) is 0 Å². The molecule has 4 aromatic rings. The maximum atomic E-state index is 15.0. The van der Waals surface area contributed by atoms with Gasteiger partial charge in [0.15, 0.2) is 0 Å². The Labute approximate surface area is 323 Å². The van der Waals surface area contributed by atoms with Crippen molar-refractivity contribution in [3.8, 4) is 0 Å². The van der Waals surface area contributed by atoms with E-state index in [0.717, 1.165) is 29.5 Å². The number of nitrogens with one attached hydrogen (secondary N) is 1. The summed E-state index contributed by atoms with van der Waals surface area (Å²) in [7, 11) is 0. The van der Waals surface area contributed by atoms with E-state index in [1.165, 1.54) is 13.0 Å². The summed E-state index contributed by atoms with van der Waals surface area (Å²) in [5.74, 6) is -0.917. The summed E-state index contributed by atoms with van der Waals surface area (Å²) in [5, 5.41) is 3.41. The van der Waals surface area contributed by atoms with E-state index in [9.17, 15) is 14.0 Å². The molecule has 3 fully saturated rings. The van der Waals surface area contributed by atoms with Crippen LogP contribution in [-0.4, -0.2) is 49.5 Å². The van der Waals surface area contributed by atoms with E-state index in [1.54, 1.807) is 12.1 Å². The smallest absolute Gasteiger partial charge is 0.336 e. The summed E-state index contributed by atoms with van der Waals surface area (Å²) in [6.07, 6.45) is 4.50. The van der Waals surface area contributed by atoms with Crippen LogP contribution in [0.25, 0.3) is 0 Å². The number of cyclic esters (lactones) is 1. The summed E-state index contributed by atoms with van der Waals surface area (Å²) in [5.41, 5.74) is 1.44. The highest BCUT2D eigenvalue weighted by Crippen LogP contribution is 2.67. The first-order valence-corrected chi connectivity index (χ1v) is 19.6. The monoisotopic (exact) mass is 743 g/mol. The fourth-order valence-corrected chi connectivity index (χ4v) is 10.9. The minimum atomic E-state index is -0.958. The lowest BCUT2D eigenvalue weighted by molar-refractivity contribution is -0.220. The number of halogens is 1. The van der Waals surface area contributed by atoms with Crippen molar-refractivity contribution in [1.82, 2.24) is 0 Å². The minimum Gasteiger partial charge on any atom is -0.462 e. The van der Waals surface area contributed by atoms with Crippen molar-refractivity contribution in [1.29, 1.82) is 0 Å². The van der Waals surface area contributed by atoms with Gasteiger partial charge in [0.2, 0.25) is 0 Å². The van der Waals surface area contributed by atoms with Crippen molar-refractivity contribution < 1.29 is 32.9 Å². The Bertz CT molecular complexity index is 1940. The Kier molecular flexibility index (Phi) is 9.93. The summed E-state index contributed by atoms with van der Waals surface area (Å²) in [6, 6.07) is 37.7. The van der Waals surface area contributed by atoms with Crippen molar-refractivity contribution in [3.63, 3.8) is 0 Å². The first-order valence-electron chi connectivity index (χ1n) is 19.6. The van der Waals surface area contributed by atoms with Crippen LogP contribution in [0.2, 0.25) is 0 Å². The normalized spacial score (nSPS) is 30.1. The van der Waals surface area contributed by atoms with Gasteiger partial charge in [-0.1, -0.05) is 117 Å². The summed E-state index contributed by atoms with van der Waals surface area (Å²) in [4.78, 5) is 25.8. The van der Waals surface area contributed by atoms with E-state index in [2.05, 4.69) is 55.6 Å². The summed E-state index contributed by atoms with van der Waals surface area (Å²) < 4.78 is 41.2. The lowest BCUT2D eigenvalue weighted by atomic mass is 9.44. The standard InChI is InChI=1S/C47H50FNO6/c1-32(50)54-42-24-26-44(2)40(23-27-46(30-49-38-22-14-13-21-37(38)48)41(44)29-39(55-46)36-25-28-52-43(36)51)45(42,3)31-53-47(33-15-7-4-8-16-33,34-17-9-5-10-18-34)35-19-11-6-12-20-35/h4-22,25,39-42,49H,23-24,26-31H2,1-3H3/t39-,40-,41-,42+,44+,45-,46+/m0/s1. The van der Waals surface area contributed by atoms with Gasteiger partial charge in [0.25, 0.3) is 0 Å². The van der Waals surface area contributed by atoms with Crippen LogP contribution in [0.5, 0.6) is 0 Å². The third-order valence-electron chi connectivity index (χ3n) is 13.4. The molecule has 7 atom stereocenters. The largest absolute Gasteiger partial charge is 0.462 e. The molecule has 8 heteroatoms. The average molecular weight is 744 g/mol. The van der Waals surface area contributed by atoms with E-state index in [-0.39, 0.29) is 41.6 Å². The first-order chi connectivity index (χ1) is 26.6. The molecule has 2 saturated carbocycles. The van der Waals surface area contributed by atoms with Crippen LogP contribution < -0.4 is 5.32 Å². The zero-order valence-electron chi connectivity index (χ0n) is 31.8. The van der Waals surface area contributed by atoms with Crippen LogP contribution in [0.1, 0.15) is 69.6 Å². The Morgan fingerprint density at radius 2 is 1.44 bits per heavy atom. The Balaban J connectivity index is 1.20. The van der Waals surface area contributed by atoms with Crippen LogP contribution >= 0.6 is 0 Å². The maximum absolute atomic E-state index is 15.0. The number of ether oxygens (including phenoxy) is 4. The van der Waals surface area contributed by atoms with Crippen molar-refractivity contribution in [2.24, 2.45) is 22.7 Å². The van der Waals surface area contributed by atoms with Gasteiger partial charge in [0.05, 0.1) is 29.6 Å². The van der Waals surface area contributed by atoms with Crippen molar-refractivity contribution in [2.75, 3.05) is 25.1 Å². The second-order valence-electron chi connectivity index (χ2n) is 16.4. The molecule has 2 heterocycles. The number of fused-ring (bicyclic) bond motifs is 3. The summed E-state index contributed by atoms with van der Waals surface area (Å²) >= 11 is 0. The Morgan fingerprint density at radius 3 is 2.00 bits per heavy atom. The zero-order chi connectivity index (χ0) is 38.3. The Morgan fingerprint density at radius 1 is 0.836 bits per heavy atom. The van der Waals surface area contributed by atoms with Gasteiger partial charge in [-0.3, -0.25) is 4.79 Å². The fraction of sp³-hybridized carbons (Fsp3) is 0.404. The number of para-hydroxylation sites is 1. The number of carbonyl (C=O) groups is 2. The predicted octanol–water partition coefficient (Wildman–Crippen LogP) is 9.02. The highest BCUT2D eigenvalue weighted by atomic mass is 19.1. The van der Waals surface area contributed by atoms with E-state index in [1.807, 2.05) is 66.7 Å². The van der Waals surface area contributed by atoms with Crippen LogP contribution in [0.15, 0.2) is 127 Å². The lowest BCUT2D eigenvalue weighted by Crippen LogP contribution is -2.64. The SMILES string of the molecule is CC(=O)O[C@@H]1CC[C@]2(C)[C@H](CC[C@]3(CNc4ccccc4F)O[C@H](C4=CCOC4=O)C[C@H]32)[C@]1(C)COC(c1ccccc1)(c1ccccc1)c1ccccc1. The third kappa shape index (κ3) is 6.47. The molecule has 286 valence electrons. The molecular formula is C47H50FNO6. The molecular weight excluding hydrogens is 694 g/mol. The number of carbonyl (C=O) groups excluding carboxylic acids is 2. The molecule has 0 bridgehead atoms. The maximum Gasteiger partial charge on any atom is 0.336 e. The van der Waals surface area contributed by atoms with Gasteiger partial charge < -0.3 is 24.3 Å². The molecule has 55 heavy (non-hydrogen) atoms. The highest BCUT2D eigenvalue weighted by molar-refractivity contribution is 5.91. The first kappa shape index (κ1) is 37.1. The molecule has 8 rings (SSSR count). The molecule has 1 N–H and O–H groups in total. The second kappa shape index (κ2) is 14.7. The topological polar surface area (TPSA) is 83.1 Å². The van der Waals surface area contributed by atoms with Gasteiger partial charge in [-0.25, -0.2) is 9.18 Å². The number of benzene rings is 4. The molecule has 1 saturated heterocycles. The highest BCUT2D eigenvalue weighted by Gasteiger charge is 2.67. The van der Waals surface area contributed by atoms with Gasteiger partial charge in [-0.2, -0.15) is 0 Å². The molecule has 0 aromatic heterocycles. The van der Waals surface area contributed by atoms with Crippen molar-refractivity contribution >= 4 is 17.6 Å². The minimum absolute atomic E-state index is 0.00273. The lowest BCUT2D eigenvalue weighted by Gasteiger charge is -2.63. The Hall–Kier alpha value is -4.79. The van der Waals surface area contributed by atoms with Crippen LogP contribution in [0.4, 0.5) is 10.1 Å². The van der Waals surface area contributed by atoms with E-state index >= 15 is 0 Å². The van der Waals surface area contributed by atoms with E-state index in [0.29, 0.717) is 43.7 Å². The predicted molar refractivity (Wildman–Crippen MR) is 209 cm³/mol. The third-order valence-corrected chi connectivity index (χ3v) is 13.4. The molecule has 0 unspecified atom stereocenters. The molecule has 0 spiro atoms. The van der Waals surface area contributed by atoms with Gasteiger partial charge in [-0.15, -0.1) is 0 Å². The average Bonchev–Trinajstić information content (AvgIpc) is 3.81. The van der Waals surface area contributed by atoms with Crippen LogP contribution in [0, 0.1) is 28.5 Å². The molecule has 4 aromatic carbocycles. The molecule has 4 aliphatic rings. The van der Waals surface area contributed by atoms with Gasteiger partial charge in [-0.05, 0) is 84.3 Å². The number of esters is 2. The summed E-state index contributed by atoms with van der Waals surface area (Å²) in [6.45, 7) is 7.01. The van der Waals surface area contributed by atoms with Crippen molar-refractivity contribution in [3.05, 3.63) is 149 Å². The van der Waals surface area contributed by atoms with Gasteiger partial charge in [0, 0.05) is 18.9 Å². The van der Waals surface area contributed by atoms with E-state index in [4.69, 9.17) is 18.9 Å². The van der Waals surface area contributed by atoms with Gasteiger partial charge in [0.1, 0.15) is 24.1 Å². The number of anilines is 1. The van der Waals surface area contributed by atoms with Gasteiger partial charge >= 0.3 is 11.9 Å². The molecule has 7 nitrogen and oxygen atoms in total. The quantitative estimate of drug-likeness (QED) is 0.121. The van der Waals surface area contributed by atoms with Crippen LogP contribution in [-0.2, 0) is 34.1 Å². The second-order valence-corrected chi connectivity index (χ2v) is 16.4. The van der Waals surface area contributed by atoms with Crippen molar-refractivity contribution in [2.45, 2.75) is 76.3 Å². The number of hydrogen-bond donors (Lipinski definition) is 1. The number of hydrogen-bond acceptors (Lipinski definition) is 7. The molecule has 0 amide bonds. The number of rotatable bonds is 11. The van der Waals surface area contributed by atoms with E-state index < -0.39 is 28.8 Å². The zero-order valence-corrected chi connectivity index (χ0v) is 31.8. The molecule has 2 aliphatic heterocycles. The molecule has 2 aliphatic carbocycles. The molecule has 0 radical (unpaired) electrons. The fourth-order valence-electron chi connectivity index (χ4n) is 10.9.